The topological polar surface area (TPSA) is 21.3 Å². The summed E-state index contributed by atoms with van der Waals surface area (Å²) in [7, 11) is 0. The molecule has 0 saturated carbocycles. The molecule has 2 aromatic rings. The fourth-order valence-corrected chi connectivity index (χ4v) is 2.71. The van der Waals surface area contributed by atoms with Crippen molar-refractivity contribution in [2.75, 3.05) is 11.9 Å². The van der Waals surface area contributed by atoms with E-state index in [0.717, 1.165) is 11.6 Å². The molecule has 110 valence electrons. The molecule has 1 aliphatic rings. The van der Waals surface area contributed by atoms with Crippen LogP contribution in [0.15, 0.2) is 46.9 Å². The summed E-state index contributed by atoms with van der Waals surface area (Å²) in [5, 5.41) is 2.93. The highest BCUT2D eigenvalue weighted by atomic mass is 79.9. The first-order valence-electron chi connectivity index (χ1n) is 6.30. The second-order valence-corrected chi connectivity index (χ2v) is 5.65. The molecule has 0 bridgehead atoms. The quantitative estimate of drug-likeness (QED) is 0.815. The van der Waals surface area contributed by atoms with E-state index in [-0.39, 0.29) is 11.7 Å². The summed E-state index contributed by atoms with van der Waals surface area (Å²) < 4.78 is 45.2. The van der Waals surface area contributed by atoms with E-state index < -0.39 is 11.7 Å². The summed E-state index contributed by atoms with van der Waals surface area (Å²) in [5.41, 5.74) is 0.228. The molecule has 0 fully saturated rings. The summed E-state index contributed by atoms with van der Waals surface area (Å²) in [4.78, 5) is 0. The number of nitrogens with one attached hydrogen (secondary N) is 1. The van der Waals surface area contributed by atoms with Gasteiger partial charge in [0.15, 0.2) is 0 Å². The number of rotatable bonds is 2. The van der Waals surface area contributed by atoms with Crippen LogP contribution in [0.25, 0.3) is 0 Å². The summed E-state index contributed by atoms with van der Waals surface area (Å²) in [5.74, 6) is 0.709. The van der Waals surface area contributed by atoms with Gasteiger partial charge in [-0.15, -0.1) is 0 Å². The molecule has 2 aromatic carbocycles. The van der Waals surface area contributed by atoms with Gasteiger partial charge in [0.2, 0.25) is 0 Å². The minimum Gasteiger partial charge on any atom is -0.491 e. The number of fused-ring (bicyclic) bond motifs is 1. The van der Waals surface area contributed by atoms with E-state index in [1.165, 1.54) is 6.07 Å². The van der Waals surface area contributed by atoms with Gasteiger partial charge in [-0.25, -0.2) is 0 Å². The van der Waals surface area contributed by atoms with E-state index in [2.05, 4.69) is 21.2 Å². The largest absolute Gasteiger partial charge is 0.491 e. The highest BCUT2D eigenvalue weighted by Crippen LogP contribution is 2.40. The first kappa shape index (κ1) is 14.3. The van der Waals surface area contributed by atoms with Gasteiger partial charge in [-0.05, 0) is 24.3 Å². The molecule has 1 N–H and O–H groups in total. The summed E-state index contributed by atoms with van der Waals surface area (Å²) >= 11 is 3.07. The van der Waals surface area contributed by atoms with Gasteiger partial charge >= 0.3 is 6.18 Å². The van der Waals surface area contributed by atoms with Crippen LogP contribution in [0.4, 0.5) is 18.9 Å². The van der Waals surface area contributed by atoms with Crippen LogP contribution in [-0.4, -0.2) is 6.61 Å². The predicted molar refractivity (Wildman–Crippen MR) is 77.4 cm³/mol. The normalized spacial score (nSPS) is 17.2. The Kier molecular flexibility index (Phi) is 3.57. The van der Waals surface area contributed by atoms with Crippen molar-refractivity contribution in [2.24, 2.45) is 0 Å². The lowest BCUT2D eigenvalue weighted by Gasteiger charge is -2.18. The van der Waals surface area contributed by atoms with Crippen molar-refractivity contribution in [1.29, 1.82) is 0 Å². The molecule has 1 atom stereocenters. The fourth-order valence-electron chi connectivity index (χ4n) is 2.35. The number of halogens is 4. The molecule has 1 aliphatic heterocycles. The molecule has 3 rings (SSSR count). The molecule has 21 heavy (non-hydrogen) atoms. The Hall–Kier alpha value is -1.69. The summed E-state index contributed by atoms with van der Waals surface area (Å²) in [6, 6.07) is 11.1. The number of alkyl halides is 3. The third kappa shape index (κ3) is 2.85. The van der Waals surface area contributed by atoms with Crippen LogP contribution in [-0.2, 0) is 6.18 Å². The van der Waals surface area contributed by atoms with Crippen LogP contribution in [0.2, 0.25) is 0 Å². The van der Waals surface area contributed by atoms with E-state index in [4.69, 9.17) is 4.74 Å². The molecule has 0 amide bonds. The SMILES string of the molecule is FC(F)(F)c1cc(Br)ccc1NC1COc2ccccc21. The molecule has 0 saturated heterocycles. The number of benzene rings is 2. The van der Waals surface area contributed by atoms with Gasteiger partial charge in [-0.2, -0.15) is 13.2 Å². The first-order chi connectivity index (χ1) is 9.95. The molecule has 2 nitrogen and oxygen atoms in total. The lowest BCUT2D eigenvalue weighted by atomic mass is 10.1. The van der Waals surface area contributed by atoms with Crippen LogP contribution in [0.1, 0.15) is 17.2 Å². The summed E-state index contributed by atoms with van der Waals surface area (Å²) in [6.45, 7) is 0.312. The zero-order chi connectivity index (χ0) is 15.0. The third-order valence-electron chi connectivity index (χ3n) is 3.32. The van der Waals surface area contributed by atoms with Crippen molar-refractivity contribution in [3.05, 3.63) is 58.1 Å². The monoisotopic (exact) mass is 357 g/mol. The molecule has 0 spiro atoms. The van der Waals surface area contributed by atoms with Crippen molar-refractivity contribution in [1.82, 2.24) is 0 Å². The molecular formula is C15H11BrF3NO. The lowest BCUT2D eigenvalue weighted by molar-refractivity contribution is -0.137. The fraction of sp³-hybridized carbons (Fsp3) is 0.200. The highest BCUT2D eigenvalue weighted by molar-refractivity contribution is 9.10. The van der Waals surface area contributed by atoms with Gasteiger partial charge in [0.05, 0.1) is 11.6 Å². The van der Waals surface area contributed by atoms with Crippen LogP contribution in [0.5, 0.6) is 5.75 Å². The number of hydrogen-bond donors (Lipinski definition) is 1. The highest BCUT2D eigenvalue weighted by Gasteiger charge is 2.35. The number of para-hydroxylation sites is 1. The van der Waals surface area contributed by atoms with E-state index in [9.17, 15) is 13.2 Å². The Labute approximate surface area is 128 Å². The Bertz CT molecular complexity index is 672. The van der Waals surface area contributed by atoms with Crippen molar-refractivity contribution < 1.29 is 17.9 Å². The lowest BCUT2D eigenvalue weighted by Crippen LogP contribution is -2.16. The van der Waals surface area contributed by atoms with E-state index in [1.807, 2.05) is 24.3 Å². The average Bonchev–Trinajstić information content (AvgIpc) is 2.83. The maximum absolute atomic E-state index is 13.1. The van der Waals surface area contributed by atoms with Gasteiger partial charge in [0, 0.05) is 15.7 Å². The Morgan fingerprint density at radius 1 is 1.14 bits per heavy atom. The average molecular weight is 358 g/mol. The first-order valence-corrected chi connectivity index (χ1v) is 7.09. The zero-order valence-electron chi connectivity index (χ0n) is 10.7. The maximum Gasteiger partial charge on any atom is 0.418 e. The van der Waals surface area contributed by atoms with Crippen LogP contribution >= 0.6 is 15.9 Å². The van der Waals surface area contributed by atoms with Crippen molar-refractivity contribution in [2.45, 2.75) is 12.2 Å². The Balaban J connectivity index is 1.93. The van der Waals surface area contributed by atoms with Crippen LogP contribution in [0, 0.1) is 0 Å². The van der Waals surface area contributed by atoms with Crippen molar-refractivity contribution in [3.8, 4) is 5.75 Å². The van der Waals surface area contributed by atoms with Crippen LogP contribution < -0.4 is 10.1 Å². The molecular weight excluding hydrogens is 347 g/mol. The van der Waals surface area contributed by atoms with Gasteiger partial charge in [0.1, 0.15) is 12.4 Å². The van der Waals surface area contributed by atoms with Gasteiger partial charge in [0.25, 0.3) is 0 Å². The van der Waals surface area contributed by atoms with Gasteiger partial charge in [-0.3, -0.25) is 0 Å². The molecule has 1 heterocycles. The van der Waals surface area contributed by atoms with E-state index in [1.54, 1.807) is 6.07 Å². The maximum atomic E-state index is 13.1. The van der Waals surface area contributed by atoms with Crippen molar-refractivity contribution >= 4 is 21.6 Å². The molecule has 6 heteroatoms. The minimum atomic E-state index is -4.41. The third-order valence-corrected chi connectivity index (χ3v) is 3.81. The Morgan fingerprint density at radius 3 is 2.67 bits per heavy atom. The van der Waals surface area contributed by atoms with Gasteiger partial charge in [-0.1, -0.05) is 34.1 Å². The molecule has 0 radical (unpaired) electrons. The Morgan fingerprint density at radius 2 is 1.90 bits per heavy atom. The zero-order valence-corrected chi connectivity index (χ0v) is 12.3. The molecule has 0 aromatic heterocycles. The standard InChI is InChI=1S/C15H11BrF3NO/c16-9-5-6-12(11(7-9)15(17,18)19)20-13-8-21-14-4-2-1-3-10(13)14/h1-7,13,20H,8H2. The minimum absolute atomic E-state index is 0.0519. The van der Waals surface area contributed by atoms with Crippen molar-refractivity contribution in [3.63, 3.8) is 0 Å². The van der Waals surface area contributed by atoms with Crippen LogP contribution in [0.3, 0.4) is 0 Å². The number of anilines is 1. The number of hydrogen-bond acceptors (Lipinski definition) is 2. The summed E-state index contributed by atoms with van der Waals surface area (Å²) in [6.07, 6.45) is -4.41. The molecule has 1 unspecified atom stereocenters. The van der Waals surface area contributed by atoms with E-state index in [0.29, 0.717) is 16.8 Å². The smallest absolute Gasteiger partial charge is 0.418 e. The van der Waals surface area contributed by atoms with E-state index >= 15 is 0 Å². The number of ether oxygens (including phenoxy) is 1. The van der Waals surface area contributed by atoms with Gasteiger partial charge < -0.3 is 10.1 Å². The molecule has 0 aliphatic carbocycles. The second kappa shape index (κ2) is 5.26. The predicted octanol–water partition coefficient (Wildman–Crippen LogP) is 5.01. The second-order valence-electron chi connectivity index (χ2n) is 4.73.